The van der Waals surface area contributed by atoms with Crippen LogP contribution in [-0.4, -0.2) is 11.6 Å². The third kappa shape index (κ3) is 2.20. The lowest BCUT2D eigenvalue weighted by Gasteiger charge is -2.17. The first-order valence-electron chi connectivity index (χ1n) is 6.28. The highest BCUT2D eigenvalue weighted by molar-refractivity contribution is 7.13. The molecule has 2 aromatic rings. The molecule has 1 aliphatic rings. The number of benzene rings is 1. The molecular formula is C14H16N2OS. The molecule has 0 spiro atoms. The highest BCUT2D eigenvalue weighted by atomic mass is 32.1. The van der Waals surface area contributed by atoms with Gasteiger partial charge in [0, 0.05) is 18.0 Å². The predicted molar refractivity (Wildman–Crippen MR) is 74.4 cm³/mol. The van der Waals surface area contributed by atoms with E-state index in [0.717, 1.165) is 30.3 Å². The fraction of sp³-hybridized carbons (Fsp3) is 0.357. The van der Waals surface area contributed by atoms with E-state index in [0.29, 0.717) is 6.04 Å². The highest BCUT2D eigenvalue weighted by Gasteiger charge is 2.16. The normalized spacial score (nSPS) is 14.9. The lowest BCUT2D eigenvalue weighted by atomic mass is 10.0. The Hall–Kier alpha value is -1.55. The van der Waals surface area contributed by atoms with Crippen LogP contribution in [0.1, 0.15) is 30.5 Å². The molecule has 0 bridgehead atoms. The molecule has 2 heterocycles. The van der Waals surface area contributed by atoms with Crippen LogP contribution in [0.5, 0.6) is 5.75 Å². The van der Waals surface area contributed by atoms with Crippen molar-refractivity contribution in [2.24, 2.45) is 0 Å². The minimum Gasteiger partial charge on any atom is -0.493 e. The molecule has 3 rings (SSSR count). The Morgan fingerprint density at radius 3 is 3.22 bits per heavy atom. The molecular weight excluding hydrogens is 244 g/mol. The van der Waals surface area contributed by atoms with Gasteiger partial charge in [0.25, 0.3) is 0 Å². The summed E-state index contributed by atoms with van der Waals surface area (Å²) in [5, 5.41) is 6.46. The van der Waals surface area contributed by atoms with E-state index in [1.54, 1.807) is 11.3 Å². The molecule has 3 nitrogen and oxygen atoms in total. The van der Waals surface area contributed by atoms with Gasteiger partial charge in [-0.3, -0.25) is 0 Å². The minimum absolute atomic E-state index is 0.321. The number of nitrogens with one attached hydrogen (secondary N) is 1. The largest absolute Gasteiger partial charge is 0.493 e. The van der Waals surface area contributed by atoms with Gasteiger partial charge in [0.2, 0.25) is 0 Å². The molecule has 1 aliphatic heterocycles. The number of aromatic nitrogens is 1. The lowest BCUT2D eigenvalue weighted by molar-refractivity contribution is 0.357. The maximum Gasteiger partial charge on any atom is 0.183 e. The molecule has 0 fully saturated rings. The summed E-state index contributed by atoms with van der Waals surface area (Å²) in [5.41, 5.74) is 2.64. The second-order valence-electron chi connectivity index (χ2n) is 4.41. The number of nitrogens with zero attached hydrogens (tertiary/aromatic N) is 1. The quantitative estimate of drug-likeness (QED) is 0.911. The summed E-state index contributed by atoms with van der Waals surface area (Å²) < 4.78 is 5.54. The first-order chi connectivity index (χ1) is 8.86. The van der Waals surface area contributed by atoms with E-state index in [2.05, 4.69) is 35.4 Å². The van der Waals surface area contributed by atoms with Crippen LogP contribution in [0.25, 0.3) is 0 Å². The molecule has 0 radical (unpaired) electrons. The predicted octanol–water partition coefficient (Wildman–Crippen LogP) is 3.64. The Kier molecular flexibility index (Phi) is 3.19. The number of hydrogen-bond acceptors (Lipinski definition) is 4. The van der Waals surface area contributed by atoms with Crippen molar-refractivity contribution in [3.63, 3.8) is 0 Å². The van der Waals surface area contributed by atoms with Crippen molar-refractivity contribution >= 4 is 16.5 Å². The van der Waals surface area contributed by atoms with Gasteiger partial charge in [-0.05, 0) is 29.7 Å². The Morgan fingerprint density at radius 2 is 2.44 bits per heavy atom. The van der Waals surface area contributed by atoms with Gasteiger partial charge in [0.05, 0.1) is 12.6 Å². The summed E-state index contributed by atoms with van der Waals surface area (Å²) in [4.78, 5) is 4.28. The van der Waals surface area contributed by atoms with Crippen LogP contribution in [-0.2, 0) is 6.42 Å². The number of fused-ring (bicyclic) bond motifs is 1. The van der Waals surface area contributed by atoms with Crippen LogP contribution in [0.2, 0.25) is 0 Å². The zero-order valence-electron chi connectivity index (χ0n) is 10.3. The number of thiazole rings is 1. The van der Waals surface area contributed by atoms with Crippen molar-refractivity contribution in [1.29, 1.82) is 0 Å². The van der Waals surface area contributed by atoms with Gasteiger partial charge >= 0.3 is 0 Å². The number of hydrogen-bond donors (Lipinski definition) is 1. The van der Waals surface area contributed by atoms with Crippen molar-refractivity contribution in [2.45, 2.75) is 25.8 Å². The summed E-state index contributed by atoms with van der Waals surface area (Å²) in [6.45, 7) is 3.00. The van der Waals surface area contributed by atoms with Gasteiger partial charge < -0.3 is 10.1 Å². The third-order valence-electron chi connectivity index (χ3n) is 3.25. The Bertz CT molecular complexity index is 525. The monoisotopic (exact) mass is 260 g/mol. The van der Waals surface area contributed by atoms with Crippen molar-refractivity contribution in [2.75, 3.05) is 11.9 Å². The Morgan fingerprint density at radius 1 is 1.50 bits per heavy atom. The summed E-state index contributed by atoms with van der Waals surface area (Å²) >= 11 is 1.64. The van der Waals surface area contributed by atoms with Gasteiger partial charge in [0.1, 0.15) is 5.75 Å². The zero-order chi connectivity index (χ0) is 12.4. The van der Waals surface area contributed by atoms with Crippen LogP contribution < -0.4 is 10.1 Å². The molecule has 4 heteroatoms. The fourth-order valence-electron chi connectivity index (χ4n) is 2.29. The summed E-state index contributed by atoms with van der Waals surface area (Å²) in [6, 6.07) is 6.82. The number of ether oxygens (including phenoxy) is 1. The molecule has 1 aromatic carbocycles. The van der Waals surface area contributed by atoms with Crippen molar-refractivity contribution < 1.29 is 4.74 Å². The van der Waals surface area contributed by atoms with E-state index in [4.69, 9.17) is 4.74 Å². The van der Waals surface area contributed by atoms with Gasteiger partial charge in [0.15, 0.2) is 5.13 Å². The average Bonchev–Trinajstić information content (AvgIpc) is 3.06. The maximum absolute atomic E-state index is 5.54. The van der Waals surface area contributed by atoms with Crippen molar-refractivity contribution in [1.82, 2.24) is 4.98 Å². The standard InChI is InChI=1S/C14H16N2OS/c1-2-12(16-14-15-6-8-18-14)10-3-4-13-11(9-10)5-7-17-13/h3-4,6,8-9,12H,2,5,7H2,1H3,(H,15,16). The fourth-order valence-corrected chi connectivity index (χ4v) is 2.87. The molecule has 18 heavy (non-hydrogen) atoms. The van der Waals surface area contributed by atoms with Crippen LogP contribution in [0.15, 0.2) is 29.8 Å². The van der Waals surface area contributed by atoms with Crippen LogP contribution in [0.3, 0.4) is 0 Å². The molecule has 1 aromatic heterocycles. The summed E-state index contributed by atoms with van der Waals surface area (Å²) in [6.07, 6.45) is 3.90. The van der Waals surface area contributed by atoms with E-state index < -0.39 is 0 Å². The Balaban J connectivity index is 1.83. The summed E-state index contributed by atoms with van der Waals surface area (Å²) in [5.74, 6) is 1.04. The smallest absolute Gasteiger partial charge is 0.183 e. The molecule has 0 aliphatic carbocycles. The average molecular weight is 260 g/mol. The van der Waals surface area contributed by atoms with Crippen LogP contribution in [0, 0.1) is 0 Å². The highest BCUT2D eigenvalue weighted by Crippen LogP contribution is 2.30. The first kappa shape index (κ1) is 11.5. The SMILES string of the molecule is CCC(Nc1nccs1)c1ccc2c(c1)CCO2. The molecule has 0 saturated carbocycles. The van der Waals surface area contributed by atoms with E-state index in [1.807, 2.05) is 11.6 Å². The van der Waals surface area contributed by atoms with Gasteiger partial charge in [-0.25, -0.2) is 4.98 Å². The second-order valence-corrected chi connectivity index (χ2v) is 5.30. The topological polar surface area (TPSA) is 34.2 Å². The zero-order valence-corrected chi connectivity index (χ0v) is 11.2. The summed E-state index contributed by atoms with van der Waals surface area (Å²) in [7, 11) is 0. The third-order valence-corrected chi connectivity index (χ3v) is 3.96. The Labute approximate surface area is 111 Å². The maximum atomic E-state index is 5.54. The van der Waals surface area contributed by atoms with E-state index in [9.17, 15) is 0 Å². The van der Waals surface area contributed by atoms with E-state index >= 15 is 0 Å². The van der Waals surface area contributed by atoms with E-state index in [-0.39, 0.29) is 0 Å². The first-order valence-corrected chi connectivity index (χ1v) is 7.16. The number of anilines is 1. The lowest BCUT2D eigenvalue weighted by Crippen LogP contribution is -2.09. The van der Waals surface area contributed by atoms with Gasteiger partial charge in [-0.2, -0.15) is 0 Å². The molecule has 1 atom stereocenters. The minimum atomic E-state index is 0.321. The second kappa shape index (κ2) is 4.98. The molecule has 0 saturated heterocycles. The molecule has 0 amide bonds. The van der Waals surface area contributed by atoms with E-state index in [1.165, 1.54) is 11.1 Å². The van der Waals surface area contributed by atoms with Gasteiger partial charge in [-0.1, -0.05) is 13.0 Å². The van der Waals surface area contributed by atoms with Gasteiger partial charge in [-0.15, -0.1) is 11.3 Å². The van der Waals surface area contributed by atoms with Crippen molar-refractivity contribution in [3.05, 3.63) is 40.9 Å². The molecule has 1 N–H and O–H groups in total. The molecule has 1 unspecified atom stereocenters. The van der Waals surface area contributed by atoms with Crippen LogP contribution in [0.4, 0.5) is 5.13 Å². The van der Waals surface area contributed by atoms with Crippen LogP contribution >= 0.6 is 11.3 Å². The van der Waals surface area contributed by atoms with Crippen molar-refractivity contribution in [3.8, 4) is 5.75 Å². The number of rotatable bonds is 4. The molecule has 94 valence electrons.